The summed E-state index contributed by atoms with van der Waals surface area (Å²) in [5.41, 5.74) is 0.395. The third-order valence-electron chi connectivity index (χ3n) is 1.84. The highest BCUT2D eigenvalue weighted by atomic mass is 16.7. The van der Waals surface area contributed by atoms with Crippen LogP contribution in [-0.2, 0) is 11.2 Å². The first-order chi connectivity index (χ1) is 6.49. The van der Waals surface area contributed by atoms with Gasteiger partial charge in [0.05, 0.1) is 0 Å². The van der Waals surface area contributed by atoms with Crippen LogP contribution in [0.25, 0.3) is 0 Å². The lowest BCUT2D eigenvalue weighted by Gasteiger charge is -2.23. The van der Waals surface area contributed by atoms with Crippen LogP contribution in [0.2, 0.25) is 0 Å². The molecule has 0 radical (unpaired) electrons. The summed E-state index contributed by atoms with van der Waals surface area (Å²) < 4.78 is 4.76. The molecule has 1 rings (SSSR count). The molecule has 0 aliphatic heterocycles. The summed E-state index contributed by atoms with van der Waals surface area (Å²) in [6.07, 6.45) is -0.647. The van der Waals surface area contributed by atoms with Crippen LogP contribution in [0.1, 0.15) is 19.4 Å². The van der Waals surface area contributed by atoms with Crippen molar-refractivity contribution >= 4 is 6.16 Å². The van der Waals surface area contributed by atoms with Crippen LogP contribution in [-0.4, -0.2) is 16.9 Å². The van der Waals surface area contributed by atoms with E-state index in [1.807, 2.05) is 30.3 Å². The van der Waals surface area contributed by atoms with Gasteiger partial charge in [0, 0.05) is 6.42 Å². The maximum atomic E-state index is 10.4. The molecule has 3 heteroatoms. The van der Waals surface area contributed by atoms with E-state index in [4.69, 9.17) is 9.84 Å². The van der Waals surface area contributed by atoms with Crippen LogP contribution >= 0.6 is 0 Å². The number of hydrogen-bond donors (Lipinski definition) is 1. The molecule has 14 heavy (non-hydrogen) atoms. The Bertz CT molecular complexity index is 304. The zero-order valence-electron chi connectivity index (χ0n) is 8.36. The highest BCUT2D eigenvalue weighted by molar-refractivity contribution is 5.57. The summed E-state index contributed by atoms with van der Waals surface area (Å²) in [7, 11) is 0. The molecule has 0 saturated heterocycles. The van der Waals surface area contributed by atoms with Gasteiger partial charge in [-0.05, 0) is 19.4 Å². The monoisotopic (exact) mass is 194 g/mol. The van der Waals surface area contributed by atoms with Gasteiger partial charge >= 0.3 is 6.16 Å². The first-order valence-corrected chi connectivity index (χ1v) is 4.45. The van der Waals surface area contributed by atoms with Crippen LogP contribution in [0.3, 0.4) is 0 Å². The predicted octanol–water partition coefficient (Wildman–Crippen LogP) is 2.70. The van der Waals surface area contributed by atoms with Crippen molar-refractivity contribution in [2.24, 2.45) is 0 Å². The highest BCUT2D eigenvalue weighted by Crippen LogP contribution is 2.16. The summed E-state index contributed by atoms with van der Waals surface area (Å²) >= 11 is 0. The summed E-state index contributed by atoms with van der Waals surface area (Å²) in [6.45, 7) is 3.52. The maximum absolute atomic E-state index is 10.4. The van der Waals surface area contributed by atoms with Gasteiger partial charge in [0.1, 0.15) is 5.60 Å². The SMILES string of the molecule is CC(C)(Cc1ccccc1)OC(=O)O. The molecule has 1 aromatic rings. The van der Waals surface area contributed by atoms with E-state index in [0.29, 0.717) is 6.42 Å². The van der Waals surface area contributed by atoms with Crippen molar-refractivity contribution < 1.29 is 14.6 Å². The fourth-order valence-corrected chi connectivity index (χ4v) is 1.36. The number of carboxylic acid groups (broad SMARTS) is 1. The minimum atomic E-state index is -1.23. The summed E-state index contributed by atoms with van der Waals surface area (Å²) in [5, 5.41) is 8.50. The van der Waals surface area contributed by atoms with E-state index in [2.05, 4.69) is 0 Å². The molecule has 0 aliphatic carbocycles. The highest BCUT2D eigenvalue weighted by Gasteiger charge is 2.22. The van der Waals surface area contributed by atoms with E-state index < -0.39 is 11.8 Å². The Labute approximate surface area is 83.3 Å². The second-order valence-corrected chi connectivity index (χ2v) is 3.79. The first-order valence-electron chi connectivity index (χ1n) is 4.45. The van der Waals surface area contributed by atoms with Crippen LogP contribution in [0.15, 0.2) is 30.3 Å². The van der Waals surface area contributed by atoms with Crippen LogP contribution in [0.5, 0.6) is 0 Å². The number of benzene rings is 1. The molecule has 0 aromatic heterocycles. The Kier molecular flexibility index (Phi) is 3.12. The third-order valence-corrected chi connectivity index (χ3v) is 1.84. The van der Waals surface area contributed by atoms with E-state index in [-0.39, 0.29) is 0 Å². The second kappa shape index (κ2) is 4.13. The minimum absolute atomic E-state index is 0.583. The fraction of sp³-hybridized carbons (Fsp3) is 0.364. The van der Waals surface area contributed by atoms with Crippen molar-refractivity contribution in [2.75, 3.05) is 0 Å². The molecule has 0 heterocycles. The smallest absolute Gasteiger partial charge is 0.450 e. The normalized spacial score (nSPS) is 11.0. The fourth-order valence-electron chi connectivity index (χ4n) is 1.36. The Hall–Kier alpha value is -1.51. The van der Waals surface area contributed by atoms with Gasteiger partial charge in [-0.2, -0.15) is 0 Å². The molecule has 0 spiro atoms. The largest absolute Gasteiger partial charge is 0.506 e. The van der Waals surface area contributed by atoms with Gasteiger partial charge in [0.15, 0.2) is 0 Å². The van der Waals surface area contributed by atoms with E-state index >= 15 is 0 Å². The topological polar surface area (TPSA) is 46.5 Å². The van der Waals surface area contributed by atoms with Crippen molar-refractivity contribution in [3.05, 3.63) is 35.9 Å². The summed E-state index contributed by atoms with van der Waals surface area (Å²) in [4.78, 5) is 10.4. The number of ether oxygens (including phenoxy) is 1. The molecule has 0 amide bonds. The van der Waals surface area contributed by atoms with Crippen LogP contribution in [0, 0.1) is 0 Å². The van der Waals surface area contributed by atoms with Gasteiger partial charge in [-0.3, -0.25) is 0 Å². The Morgan fingerprint density at radius 2 is 1.93 bits per heavy atom. The lowest BCUT2D eigenvalue weighted by atomic mass is 9.99. The molecule has 76 valence electrons. The predicted molar refractivity (Wildman–Crippen MR) is 53.3 cm³/mol. The zero-order valence-corrected chi connectivity index (χ0v) is 8.36. The van der Waals surface area contributed by atoms with Crippen molar-refractivity contribution in [3.63, 3.8) is 0 Å². The third kappa shape index (κ3) is 3.47. The zero-order chi connectivity index (χ0) is 10.6. The van der Waals surface area contributed by atoms with Gasteiger partial charge in [0.25, 0.3) is 0 Å². The molecular formula is C11H14O3. The Morgan fingerprint density at radius 3 is 2.43 bits per heavy atom. The minimum Gasteiger partial charge on any atom is -0.450 e. The van der Waals surface area contributed by atoms with Gasteiger partial charge in [-0.25, -0.2) is 4.79 Å². The molecule has 1 N–H and O–H groups in total. The summed E-state index contributed by atoms with van der Waals surface area (Å²) in [6, 6.07) is 9.67. The quantitative estimate of drug-likeness (QED) is 0.752. The number of rotatable bonds is 3. The number of carbonyl (C=O) groups is 1. The molecular weight excluding hydrogens is 180 g/mol. The molecule has 3 nitrogen and oxygen atoms in total. The molecule has 0 bridgehead atoms. The lowest BCUT2D eigenvalue weighted by molar-refractivity contribution is 0.00427. The lowest BCUT2D eigenvalue weighted by Crippen LogP contribution is -2.29. The molecule has 0 saturated carbocycles. The van der Waals surface area contributed by atoms with Crippen LogP contribution in [0.4, 0.5) is 4.79 Å². The first kappa shape index (κ1) is 10.6. The molecule has 0 atom stereocenters. The van der Waals surface area contributed by atoms with Crippen molar-refractivity contribution in [1.82, 2.24) is 0 Å². The number of hydrogen-bond acceptors (Lipinski definition) is 2. The van der Waals surface area contributed by atoms with Gasteiger partial charge in [-0.15, -0.1) is 0 Å². The van der Waals surface area contributed by atoms with E-state index in [9.17, 15) is 4.79 Å². The average Bonchev–Trinajstić information content (AvgIpc) is 2.02. The van der Waals surface area contributed by atoms with E-state index in [1.165, 1.54) is 0 Å². The van der Waals surface area contributed by atoms with Gasteiger partial charge < -0.3 is 9.84 Å². The van der Waals surface area contributed by atoms with Crippen molar-refractivity contribution in [2.45, 2.75) is 25.9 Å². The standard InChI is InChI=1S/C11H14O3/c1-11(2,14-10(12)13)8-9-6-4-3-5-7-9/h3-7H,8H2,1-2H3,(H,12,13). The second-order valence-electron chi connectivity index (χ2n) is 3.79. The molecule has 0 unspecified atom stereocenters. The van der Waals surface area contributed by atoms with Gasteiger partial charge in [0.2, 0.25) is 0 Å². The van der Waals surface area contributed by atoms with Crippen molar-refractivity contribution in [3.8, 4) is 0 Å². The summed E-state index contributed by atoms with van der Waals surface area (Å²) in [5.74, 6) is 0. The maximum Gasteiger partial charge on any atom is 0.506 e. The average molecular weight is 194 g/mol. The Balaban J connectivity index is 2.63. The molecule has 1 aromatic carbocycles. The van der Waals surface area contributed by atoms with Crippen LogP contribution < -0.4 is 0 Å². The Morgan fingerprint density at radius 1 is 1.36 bits per heavy atom. The molecule has 0 aliphatic rings. The van der Waals surface area contributed by atoms with Crippen molar-refractivity contribution in [1.29, 1.82) is 0 Å². The molecule has 0 fully saturated rings. The van der Waals surface area contributed by atoms with E-state index in [0.717, 1.165) is 5.56 Å². The van der Waals surface area contributed by atoms with Gasteiger partial charge in [-0.1, -0.05) is 30.3 Å². The van der Waals surface area contributed by atoms with E-state index in [1.54, 1.807) is 13.8 Å².